The van der Waals surface area contributed by atoms with E-state index in [1.54, 1.807) is 25.1 Å². The number of amides is 4. The Bertz CT molecular complexity index is 1260. The van der Waals surface area contributed by atoms with Crippen molar-refractivity contribution in [2.45, 2.75) is 25.4 Å². The monoisotopic (exact) mass is 477 g/mol. The van der Waals surface area contributed by atoms with E-state index >= 15 is 0 Å². The van der Waals surface area contributed by atoms with Gasteiger partial charge in [-0.1, -0.05) is 42.0 Å². The predicted octanol–water partition coefficient (Wildman–Crippen LogP) is 3.46. The van der Waals surface area contributed by atoms with Crippen LogP contribution in [0.4, 0.5) is 4.79 Å². The van der Waals surface area contributed by atoms with Gasteiger partial charge in [-0.05, 0) is 48.6 Å². The van der Waals surface area contributed by atoms with Crippen LogP contribution in [0.15, 0.2) is 60.0 Å². The number of aryl methyl sites for hydroxylation is 1. The molecular formula is C25H23N3O5S. The number of nitrogens with one attached hydrogen (secondary N) is 2. The Kier molecular flexibility index (Phi) is 5.49. The van der Waals surface area contributed by atoms with Gasteiger partial charge in [0.05, 0.1) is 6.04 Å². The van der Waals surface area contributed by atoms with Gasteiger partial charge in [0.2, 0.25) is 12.7 Å². The van der Waals surface area contributed by atoms with E-state index in [-0.39, 0.29) is 12.8 Å². The molecule has 3 heterocycles. The van der Waals surface area contributed by atoms with Crippen LogP contribution in [-0.2, 0) is 15.1 Å². The Morgan fingerprint density at radius 1 is 1.15 bits per heavy atom. The van der Waals surface area contributed by atoms with Crippen molar-refractivity contribution in [3.05, 3.63) is 81.5 Å². The first-order chi connectivity index (χ1) is 16.3. The number of urea groups is 1. The first-order valence-electron chi connectivity index (χ1n) is 10.8. The van der Waals surface area contributed by atoms with E-state index in [0.29, 0.717) is 17.1 Å². The molecule has 1 saturated heterocycles. The number of hydrogen-bond acceptors (Lipinski definition) is 6. The van der Waals surface area contributed by atoms with Crippen molar-refractivity contribution < 1.29 is 23.9 Å². The molecule has 0 saturated carbocycles. The predicted molar refractivity (Wildman–Crippen MR) is 126 cm³/mol. The van der Waals surface area contributed by atoms with Crippen molar-refractivity contribution >= 4 is 29.2 Å². The van der Waals surface area contributed by atoms with Crippen LogP contribution in [0.2, 0.25) is 0 Å². The number of ether oxygens (including phenoxy) is 2. The summed E-state index contributed by atoms with van der Waals surface area (Å²) in [5.41, 5.74) is 1.27. The van der Waals surface area contributed by atoms with Crippen molar-refractivity contribution in [3.8, 4) is 11.5 Å². The standard InChI is InChI=1S/C25H23N3O5S/c1-15-5-7-16(8-6-15)22(20-4-3-11-34-20)26-21(29)13-28-23(30)25(2,27-24(28)31)17-9-10-18-19(12-17)33-14-32-18/h3-12,22H,13-14H2,1-2H3,(H,26,29)(H,27,31)/t22-,25+/m0/s1. The highest BCUT2D eigenvalue weighted by Gasteiger charge is 2.50. The highest BCUT2D eigenvalue weighted by Crippen LogP contribution is 2.38. The Labute approximate surface area is 200 Å². The van der Waals surface area contributed by atoms with Crippen LogP contribution in [0.25, 0.3) is 0 Å². The molecule has 1 aromatic heterocycles. The topological polar surface area (TPSA) is 97.0 Å². The maximum atomic E-state index is 13.3. The lowest BCUT2D eigenvalue weighted by Gasteiger charge is -2.23. The van der Waals surface area contributed by atoms with Crippen LogP contribution >= 0.6 is 11.3 Å². The summed E-state index contributed by atoms with van der Waals surface area (Å²) in [4.78, 5) is 40.9. The fraction of sp³-hybridized carbons (Fsp3) is 0.240. The lowest BCUT2D eigenvalue weighted by atomic mass is 9.91. The average molecular weight is 478 g/mol. The van der Waals surface area contributed by atoms with E-state index in [9.17, 15) is 14.4 Å². The third kappa shape index (κ3) is 3.88. The van der Waals surface area contributed by atoms with Crippen LogP contribution in [-0.4, -0.2) is 36.1 Å². The number of imide groups is 1. The summed E-state index contributed by atoms with van der Waals surface area (Å²) in [5.74, 6) is 0.150. The summed E-state index contributed by atoms with van der Waals surface area (Å²) in [6.07, 6.45) is 0. The third-order valence-corrected chi connectivity index (χ3v) is 7.01. The molecule has 2 aromatic carbocycles. The number of hydrogen-bond donors (Lipinski definition) is 2. The molecule has 34 heavy (non-hydrogen) atoms. The zero-order valence-corrected chi connectivity index (χ0v) is 19.5. The second-order valence-electron chi connectivity index (χ2n) is 8.44. The van der Waals surface area contributed by atoms with Crippen molar-refractivity contribution in [2.24, 2.45) is 0 Å². The van der Waals surface area contributed by atoms with E-state index in [4.69, 9.17) is 9.47 Å². The van der Waals surface area contributed by atoms with Crippen LogP contribution in [0.3, 0.4) is 0 Å². The minimum Gasteiger partial charge on any atom is -0.454 e. The lowest BCUT2D eigenvalue weighted by molar-refractivity contribution is -0.135. The molecule has 0 spiro atoms. The van der Waals surface area contributed by atoms with Gasteiger partial charge < -0.3 is 20.1 Å². The van der Waals surface area contributed by atoms with Crippen molar-refractivity contribution in [3.63, 3.8) is 0 Å². The second-order valence-corrected chi connectivity index (χ2v) is 9.42. The summed E-state index contributed by atoms with van der Waals surface area (Å²) >= 11 is 1.53. The normalized spacial score (nSPS) is 19.8. The smallest absolute Gasteiger partial charge is 0.325 e. The van der Waals surface area contributed by atoms with E-state index in [2.05, 4.69) is 10.6 Å². The maximum Gasteiger partial charge on any atom is 0.325 e. The summed E-state index contributed by atoms with van der Waals surface area (Å²) in [7, 11) is 0. The Hall–Kier alpha value is -3.85. The Morgan fingerprint density at radius 3 is 2.65 bits per heavy atom. The number of benzene rings is 2. The molecule has 3 aromatic rings. The molecule has 2 aliphatic rings. The van der Waals surface area contributed by atoms with Gasteiger partial charge in [-0.3, -0.25) is 14.5 Å². The number of carbonyl (C=O) groups is 3. The van der Waals surface area contributed by atoms with Gasteiger partial charge in [0, 0.05) is 4.88 Å². The minimum absolute atomic E-state index is 0.106. The van der Waals surface area contributed by atoms with Crippen molar-refractivity contribution in [2.75, 3.05) is 13.3 Å². The van der Waals surface area contributed by atoms with Gasteiger partial charge in [0.25, 0.3) is 5.91 Å². The summed E-state index contributed by atoms with van der Waals surface area (Å²) < 4.78 is 10.7. The molecule has 0 unspecified atom stereocenters. The third-order valence-electron chi connectivity index (χ3n) is 6.07. The first-order valence-corrected chi connectivity index (χ1v) is 11.7. The molecule has 5 rings (SSSR count). The first kappa shape index (κ1) is 22.0. The fourth-order valence-corrected chi connectivity index (χ4v) is 4.93. The molecule has 2 atom stereocenters. The van der Waals surface area contributed by atoms with Gasteiger partial charge >= 0.3 is 6.03 Å². The van der Waals surface area contributed by atoms with Gasteiger partial charge in [0.1, 0.15) is 12.1 Å². The molecule has 0 radical (unpaired) electrons. The van der Waals surface area contributed by atoms with E-state index < -0.39 is 29.9 Å². The number of nitrogens with zero attached hydrogens (tertiary/aromatic N) is 1. The highest BCUT2D eigenvalue weighted by atomic mass is 32.1. The molecule has 0 aliphatic carbocycles. The second kappa shape index (κ2) is 8.49. The summed E-state index contributed by atoms with van der Waals surface area (Å²) in [6.45, 7) is 3.33. The van der Waals surface area contributed by atoms with Crippen LogP contribution in [0.5, 0.6) is 11.5 Å². The molecular weight excluding hydrogens is 454 g/mol. The Balaban J connectivity index is 1.34. The van der Waals surface area contributed by atoms with E-state index in [1.165, 1.54) is 11.3 Å². The maximum absolute atomic E-state index is 13.3. The molecule has 2 aliphatic heterocycles. The lowest BCUT2D eigenvalue weighted by Crippen LogP contribution is -2.44. The number of thiophene rings is 1. The van der Waals surface area contributed by atoms with Crippen LogP contribution in [0, 0.1) is 6.92 Å². The minimum atomic E-state index is -1.32. The Morgan fingerprint density at radius 2 is 1.91 bits per heavy atom. The summed E-state index contributed by atoms with van der Waals surface area (Å²) in [5, 5.41) is 7.65. The largest absolute Gasteiger partial charge is 0.454 e. The number of rotatable bonds is 6. The zero-order valence-electron chi connectivity index (χ0n) is 18.7. The molecule has 2 N–H and O–H groups in total. The van der Waals surface area contributed by atoms with Crippen molar-refractivity contribution in [1.29, 1.82) is 0 Å². The molecule has 9 heteroatoms. The number of carbonyl (C=O) groups excluding carboxylic acids is 3. The van der Waals surface area contributed by atoms with Gasteiger partial charge in [-0.25, -0.2) is 4.79 Å². The number of fused-ring (bicyclic) bond motifs is 1. The molecule has 1 fully saturated rings. The highest BCUT2D eigenvalue weighted by molar-refractivity contribution is 7.10. The quantitative estimate of drug-likeness (QED) is 0.530. The summed E-state index contributed by atoms with van der Waals surface area (Å²) in [6, 6.07) is 15.8. The van der Waals surface area contributed by atoms with Crippen molar-refractivity contribution in [1.82, 2.24) is 15.5 Å². The van der Waals surface area contributed by atoms with E-state index in [0.717, 1.165) is 20.9 Å². The SMILES string of the molecule is Cc1ccc([C@H](NC(=O)CN2C(=O)N[C@](C)(c3ccc4c(c3)OCO4)C2=O)c2cccs2)cc1. The van der Waals surface area contributed by atoms with E-state index in [1.807, 2.05) is 48.7 Å². The molecule has 8 nitrogen and oxygen atoms in total. The van der Waals surface area contributed by atoms with Crippen LogP contribution in [0.1, 0.15) is 34.5 Å². The van der Waals surface area contributed by atoms with Gasteiger partial charge in [0.15, 0.2) is 11.5 Å². The zero-order chi connectivity index (χ0) is 23.9. The fourth-order valence-electron chi connectivity index (χ4n) is 4.13. The molecule has 4 amide bonds. The molecule has 0 bridgehead atoms. The van der Waals surface area contributed by atoms with Gasteiger partial charge in [-0.15, -0.1) is 11.3 Å². The molecule has 174 valence electrons. The van der Waals surface area contributed by atoms with Crippen LogP contribution < -0.4 is 20.1 Å². The van der Waals surface area contributed by atoms with Gasteiger partial charge in [-0.2, -0.15) is 0 Å². The average Bonchev–Trinajstić information content (AvgIpc) is 3.56.